The number of benzene rings is 3. The van der Waals surface area contributed by atoms with Crippen LogP contribution in [0.15, 0.2) is 60.7 Å². The highest BCUT2D eigenvalue weighted by molar-refractivity contribution is 5.80. The number of rotatable bonds is 7. The van der Waals surface area contributed by atoms with Crippen molar-refractivity contribution in [2.24, 2.45) is 5.92 Å². The Labute approximate surface area is 187 Å². The first-order valence-electron chi connectivity index (χ1n) is 10.2. The summed E-state index contributed by atoms with van der Waals surface area (Å²) in [5, 5.41) is 12.6. The van der Waals surface area contributed by atoms with Crippen molar-refractivity contribution >= 4 is 17.3 Å². The second kappa shape index (κ2) is 9.60. The Balaban J connectivity index is 2.09. The third-order valence-electron chi connectivity index (χ3n) is 5.06. The molecule has 8 heteroatoms. The fourth-order valence-electron chi connectivity index (χ4n) is 3.59. The molecule has 0 bridgehead atoms. The molecular weight excluding hydrogens is 441 g/mol. The van der Waals surface area contributed by atoms with Crippen LogP contribution in [-0.4, -0.2) is 11.1 Å². The second-order valence-electron chi connectivity index (χ2n) is 8.22. The molecule has 0 saturated heterocycles. The van der Waals surface area contributed by atoms with Crippen LogP contribution in [0.4, 0.5) is 33.3 Å². The molecule has 3 aromatic rings. The van der Waals surface area contributed by atoms with Gasteiger partial charge in [0.05, 0.1) is 11.5 Å². The third-order valence-corrected chi connectivity index (χ3v) is 5.06. The zero-order valence-corrected chi connectivity index (χ0v) is 17.9. The quantitative estimate of drug-likeness (QED) is 0.355. The molecule has 33 heavy (non-hydrogen) atoms. The van der Waals surface area contributed by atoms with E-state index in [1.165, 1.54) is 12.1 Å². The van der Waals surface area contributed by atoms with E-state index in [0.29, 0.717) is 28.8 Å². The fourth-order valence-corrected chi connectivity index (χ4v) is 3.59. The molecule has 0 fully saturated rings. The number of carbonyl (C=O) groups is 1. The van der Waals surface area contributed by atoms with Crippen molar-refractivity contribution in [3.8, 4) is 11.1 Å². The number of nitrogens with one attached hydrogen (secondary N) is 1. The van der Waals surface area contributed by atoms with E-state index in [0.717, 1.165) is 30.3 Å². The summed E-state index contributed by atoms with van der Waals surface area (Å²) in [7, 11) is 0. The lowest BCUT2D eigenvalue weighted by Crippen LogP contribution is -2.14. The smallest absolute Gasteiger partial charge is 0.416 e. The predicted octanol–water partition coefficient (Wildman–Crippen LogP) is 7.61. The summed E-state index contributed by atoms with van der Waals surface area (Å²) in [4.78, 5) is 12.0. The van der Waals surface area contributed by atoms with E-state index < -0.39 is 35.3 Å². The van der Waals surface area contributed by atoms with E-state index in [9.17, 15) is 31.9 Å². The van der Waals surface area contributed by atoms with Crippen LogP contribution in [0.3, 0.4) is 0 Å². The molecule has 3 rings (SSSR count). The molecule has 0 amide bonds. The summed E-state index contributed by atoms with van der Waals surface area (Å²) < 4.78 is 66.0. The Morgan fingerprint density at radius 2 is 1.45 bits per heavy atom. The molecule has 174 valence electrons. The number of carboxylic acid groups (broad SMARTS) is 1. The van der Waals surface area contributed by atoms with Crippen LogP contribution >= 0.6 is 0 Å². The summed E-state index contributed by atoms with van der Waals surface area (Å²) in [6.45, 7) is 3.76. The SMILES string of the molecule is CC(C)CC(C(=O)O)c1cc(Nc2cc(F)cc(F)c2)cc(-c2ccc(C(F)(F)F)cc2)c1. The van der Waals surface area contributed by atoms with Crippen molar-refractivity contribution in [1.29, 1.82) is 0 Å². The van der Waals surface area contributed by atoms with E-state index >= 15 is 0 Å². The molecular formula is C25H22F5NO2. The van der Waals surface area contributed by atoms with Gasteiger partial charge in [0.25, 0.3) is 0 Å². The first kappa shape index (κ1) is 24.2. The topological polar surface area (TPSA) is 49.3 Å². The van der Waals surface area contributed by atoms with Crippen molar-refractivity contribution < 1.29 is 31.9 Å². The molecule has 3 nitrogen and oxygen atoms in total. The molecule has 3 aromatic carbocycles. The molecule has 0 aromatic heterocycles. The van der Waals surface area contributed by atoms with Crippen LogP contribution in [0.5, 0.6) is 0 Å². The molecule has 1 atom stereocenters. The van der Waals surface area contributed by atoms with Gasteiger partial charge in [0, 0.05) is 17.4 Å². The average Bonchev–Trinajstić information content (AvgIpc) is 2.70. The van der Waals surface area contributed by atoms with E-state index in [2.05, 4.69) is 5.32 Å². The van der Waals surface area contributed by atoms with E-state index in [4.69, 9.17) is 0 Å². The number of hydrogen-bond donors (Lipinski definition) is 2. The fraction of sp³-hybridized carbons (Fsp3) is 0.240. The maximum Gasteiger partial charge on any atom is 0.416 e. The third kappa shape index (κ3) is 6.31. The number of anilines is 2. The number of aliphatic carboxylic acids is 1. The molecule has 0 aliphatic heterocycles. The van der Waals surface area contributed by atoms with Crippen LogP contribution in [-0.2, 0) is 11.0 Å². The Bertz CT molecular complexity index is 1120. The lowest BCUT2D eigenvalue weighted by molar-refractivity contribution is -0.139. The van der Waals surface area contributed by atoms with Gasteiger partial charge >= 0.3 is 12.1 Å². The summed E-state index contributed by atoms with van der Waals surface area (Å²) in [5.41, 5.74) is 0.982. The predicted molar refractivity (Wildman–Crippen MR) is 116 cm³/mol. The molecule has 0 radical (unpaired) electrons. The Kier molecular flexibility index (Phi) is 7.05. The summed E-state index contributed by atoms with van der Waals surface area (Å²) >= 11 is 0. The standard InChI is InChI=1S/C25H22F5NO2/c1-14(2)7-23(24(32)33)17-8-16(15-3-5-18(6-4-15)25(28,29)30)9-21(10-17)31-22-12-19(26)11-20(27)13-22/h3-6,8-14,23,31H,7H2,1-2H3,(H,32,33). The van der Waals surface area contributed by atoms with Crippen LogP contribution in [0.1, 0.15) is 37.3 Å². The van der Waals surface area contributed by atoms with E-state index in [-0.39, 0.29) is 11.6 Å². The van der Waals surface area contributed by atoms with Gasteiger partial charge in [-0.3, -0.25) is 4.79 Å². The maximum absolute atomic E-state index is 13.6. The normalized spacial score (nSPS) is 12.6. The van der Waals surface area contributed by atoms with Gasteiger partial charge in [-0.05, 0) is 65.4 Å². The highest BCUT2D eigenvalue weighted by Gasteiger charge is 2.30. The lowest BCUT2D eigenvalue weighted by Gasteiger charge is -2.19. The minimum Gasteiger partial charge on any atom is -0.481 e. The van der Waals surface area contributed by atoms with E-state index in [1.54, 1.807) is 18.2 Å². The van der Waals surface area contributed by atoms with Gasteiger partial charge in [-0.2, -0.15) is 13.2 Å². The lowest BCUT2D eigenvalue weighted by atomic mass is 9.88. The van der Waals surface area contributed by atoms with Crippen molar-refractivity contribution in [3.05, 3.63) is 83.4 Å². The van der Waals surface area contributed by atoms with E-state index in [1.807, 2.05) is 13.8 Å². The average molecular weight is 463 g/mol. The minimum atomic E-state index is -4.49. The van der Waals surface area contributed by atoms with Gasteiger partial charge in [0.15, 0.2) is 0 Å². The van der Waals surface area contributed by atoms with Gasteiger partial charge in [-0.1, -0.05) is 32.0 Å². The van der Waals surface area contributed by atoms with Crippen LogP contribution in [0.2, 0.25) is 0 Å². The largest absolute Gasteiger partial charge is 0.481 e. The Morgan fingerprint density at radius 1 is 0.879 bits per heavy atom. The van der Waals surface area contributed by atoms with Crippen LogP contribution < -0.4 is 5.32 Å². The Morgan fingerprint density at radius 3 is 1.97 bits per heavy atom. The highest BCUT2D eigenvalue weighted by Crippen LogP contribution is 2.35. The highest BCUT2D eigenvalue weighted by atomic mass is 19.4. The molecule has 2 N–H and O–H groups in total. The van der Waals surface area contributed by atoms with Gasteiger partial charge in [0.2, 0.25) is 0 Å². The van der Waals surface area contributed by atoms with Gasteiger partial charge < -0.3 is 10.4 Å². The zero-order valence-electron chi connectivity index (χ0n) is 17.9. The summed E-state index contributed by atoms with van der Waals surface area (Å²) in [5.74, 6) is -3.44. The number of halogens is 5. The Hall–Kier alpha value is -3.42. The molecule has 0 aliphatic rings. The number of alkyl halides is 3. The molecule has 1 unspecified atom stereocenters. The first-order chi connectivity index (χ1) is 15.4. The first-order valence-corrected chi connectivity index (χ1v) is 10.2. The monoisotopic (exact) mass is 463 g/mol. The number of carboxylic acids is 1. The second-order valence-corrected chi connectivity index (χ2v) is 8.22. The number of hydrogen-bond acceptors (Lipinski definition) is 2. The molecule has 0 aliphatic carbocycles. The van der Waals surface area contributed by atoms with Crippen LogP contribution in [0, 0.1) is 17.6 Å². The zero-order chi connectivity index (χ0) is 24.3. The maximum atomic E-state index is 13.6. The van der Waals surface area contributed by atoms with Crippen molar-refractivity contribution in [2.75, 3.05) is 5.32 Å². The van der Waals surface area contributed by atoms with Crippen molar-refractivity contribution in [2.45, 2.75) is 32.4 Å². The molecule has 0 saturated carbocycles. The van der Waals surface area contributed by atoms with Gasteiger partial charge in [-0.15, -0.1) is 0 Å². The van der Waals surface area contributed by atoms with Gasteiger partial charge in [-0.25, -0.2) is 8.78 Å². The van der Waals surface area contributed by atoms with Crippen molar-refractivity contribution in [3.63, 3.8) is 0 Å². The summed E-state index contributed by atoms with van der Waals surface area (Å²) in [6, 6.07) is 12.1. The summed E-state index contributed by atoms with van der Waals surface area (Å²) in [6.07, 6.45) is -4.15. The van der Waals surface area contributed by atoms with Crippen LogP contribution in [0.25, 0.3) is 11.1 Å². The van der Waals surface area contributed by atoms with Gasteiger partial charge in [0.1, 0.15) is 11.6 Å². The molecule has 0 spiro atoms. The molecule has 0 heterocycles. The minimum absolute atomic E-state index is 0.0644. The van der Waals surface area contributed by atoms with Crippen molar-refractivity contribution in [1.82, 2.24) is 0 Å².